The Hall–Kier alpha value is -1.49. The Morgan fingerprint density at radius 3 is 2.86 bits per heavy atom. The van der Waals surface area contributed by atoms with Gasteiger partial charge in [0.05, 0.1) is 23.1 Å². The fourth-order valence-electron chi connectivity index (χ4n) is 3.25. The van der Waals surface area contributed by atoms with Gasteiger partial charge in [-0.05, 0) is 31.6 Å². The number of aromatic nitrogens is 2. The summed E-state index contributed by atoms with van der Waals surface area (Å²) >= 11 is 0. The van der Waals surface area contributed by atoms with Crippen molar-refractivity contribution in [3.8, 4) is 0 Å². The number of hydrogen-bond donors (Lipinski definition) is 1. The molecule has 5 nitrogen and oxygen atoms in total. The summed E-state index contributed by atoms with van der Waals surface area (Å²) in [6.45, 7) is 7.71. The third-order valence-corrected chi connectivity index (χ3v) is 4.24. The summed E-state index contributed by atoms with van der Waals surface area (Å²) in [6.07, 6.45) is 3.86. The highest BCUT2D eigenvalue weighted by Crippen LogP contribution is 2.35. The maximum absolute atomic E-state index is 12.3. The van der Waals surface area contributed by atoms with Crippen LogP contribution in [0.2, 0.25) is 0 Å². The molecule has 2 aliphatic rings. The molecule has 0 unspecified atom stereocenters. The van der Waals surface area contributed by atoms with Gasteiger partial charge in [-0.2, -0.15) is 0 Å². The maximum atomic E-state index is 12.3. The number of carbonyl (C=O) groups excluding carboxylic acids is 1. The molecule has 2 heterocycles. The molecule has 1 aromatic rings. The van der Waals surface area contributed by atoms with Crippen LogP contribution >= 0.6 is 0 Å². The number of Topliss-reactive ketones (excluding diaryl/α,β-unsaturated/α-hetero) is 1. The molecule has 0 radical (unpaired) electrons. The standard InChI is InChI=1S/C16H23N3O2/c1-10-14-12(7-16(2,3)8-13(14)20)19-15(18-10)17-9-11-5-4-6-21-11/h11H,4-9H2,1-3H3,(H,17,18,19)/t11-/m0/s1. The third-order valence-electron chi connectivity index (χ3n) is 4.24. The van der Waals surface area contributed by atoms with Crippen LogP contribution in [0.1, 0.15) is 54.9 Å². The van der Waals surface area contributed by atoms with E-state index in [9.17, 15) is 4.79 Å². The Balaban J connectivity index is 1.81. The maximum Gasteiger partial charge on any atom is 0.223 e. The summed E-state index contributed by atoms with van der Waals surface area (Å²) in [5, 5.41) is 3.26. The molecule has 0 bridgehead atoms. The van der Waals surface area contributed by atoms with Crippen LogP contribution in [0, 0.1) is 12.3 Å². The Kier molecular flexibility index (Phi) is 3.69. The van der Waals surface area contributed by atoms with Gasteiger partial charge in [-0.3, -0.25) is 4.79 Å². The molecule has 1 N–H and O–H groups in total. The molecule has 1 aliphatic heterocycles. The molecule has 0 spiro atoms. The quantitative estimate of drug-likeness (QED) is 0.926. The van der Waals surface area contributed by atoms with Crippen molar-refractivity contribution in [3.05, 3.63) is 17.0 Å². The molecule has 21 heavy (non-hydrogen) atoms. The summed E-state index contributed by atoms with van der Waals surface area (Å²) in [4.78, 5) is 21.3. The van der Waals surface area contributed by atoms with Crippen molar-refractivity contribution in [2.24, 2.45) is 5.41 Å². The zero-order valence-corrected chi connectivity index (χ0v) is 13.0. The molecule has 1 saturated heterocycles. The van der Waals surface area contributed by atoms with Crippen LogP contribution in [0.3, 0.4) is 0 Å². The zero-order valence-electron chi connectivity index (χ0n) is 13.0. The molecule has 0 aromatic carbocycles. The lowest BCUT2D eigenvalue weighted by atomic mass is 9.75. The number of anilines is 1. The van der Waals surface area contributed by atoms with Crippen LogP contribution in [0.25, 0.3) is 0 Å². The van der Waals surface area contributed by atoms with E-state index in [4.69, 9.17) is 4.74 Å². The van der Waals surface area contributed by atoms with Crippen molar-refractivity contribution in [1.29, 1.82) is 0 Å². The number of nitrogens with one attached hydrogen (secondary N) is 1. The van der Waals surface area contributed by atoms with E-state index in [1.165, 1.54) is 0 Å². The number of fused-ring (bicyclic) bond motifs is 1. The lowest BCUT2D eigenvalue weighted by molar-refractivity contribution is 0.0908. The van der Waals surface area contributed by atoms with E-state index >= 15 is 0 Å². The normalized spacial score (nSPS) is 24.0. The van der Waals surface area contributed by atoms with Gasteiger partial charge in [0.2, 0.25) is 5.95 Å². The lowest BCUT2D eigenvalue weighted by Crippen LogP contribution is -2.30. The largest absolute Gasteiger partial charge is 0.376 e. The minimum Gasteiger partial charge on any atom is -0.376 e. The van der Waals surface area contributed by atoms with Crippen LogP contribution in [-0.4, -0.2) is 35.0 Å². The number of aryl methyl sites for hydroxylation is 1. The highest BCUT2D eigenvalue weighted by Gasteiger charge is 2.33. The predicted octanol–water partition coefficient (Wildman–Crippen LogP) is 2.53. The first kappa shape index (κ1) is 14.4. The molecule has 0 amide bonds. The van der Waals surface area contributed by atoms with Gasteiger partial charge in [-0.25, -0.2) is 9.97 Å². The summed E-state index contributed by atoms with van der Waals surface area (Å²) in [5.41, 5.74) is 2.39. The van der Waals surface area contributed by atoms with Crippen molar-refractivity contribution < 1.29 is 9.53 Å². The molecule has 5 heteroatoms. The van der Waals surface area contributed by atoms with Gasteiger partial charge < -0.3 is 10.1 Å². The zero-order chi connectivity index (χ0) is 15.0. The number of ketones is 1. The average Bonchev–Trinajstić information content (AvgIpc) is 2.86. The minimum absolute atomic E-state index is 0.0172. The highest BCUT2D eigenvalue weighted by molar-refractivity contribution is 5.99. The van der Waals surface area contributed by atoms with Crippen molar-refractivity contribution in [2.75, 3.05) is 18.5 Å². The SMILES string of the molecule is Cc1nc(NC[C@@H]2CCCO2)nc2c1C(=O)CC(C)(C)C2. The molecule has 1 aromatic heterocycles. The van der Waals surface area contributed by atoms with Crippen LogP contribution in [-0.2, 0) is 11.2 Å². The lowest BCUT2D eigenvalue weighted by Gasteiger charge is -2.30. The van der Waals surface area contributed by atoms with Gasteiger partial charge in [-0.1, -0.05) is 13.8 Å². The second-order valence-corrected chi connectivity index (χ2v) is 6.91. The van der Waals surface area contributed by atoms with E-state index in [0.29, 0.717) is 12.4 Å². The minimum atomic E-state index is -0.0172. The van der Waals surface area contributed by atoms with E-state index in [1.54, 1.807) is 0 Å². The van der Waals surface area contributed by atoms with Gasteiger partial charge in [0.15, 0.2) is 5.78 Å². The van der Waals surface area contributed by atoms with E-state index in [1.807, 2.05) is 6.92 Å². The molecule has 1 fully saturated rings. The Morgan fingerprint density at radius 1 is 1.33 bits per heavy atom. The van der Waals surface area contributed by atoms with Gasteiger partial charge in [0.25, 0.3) is 0 Å². The predicted molar refractivity (Wildman–Crippen MR) is 80.7 cm³/mol. The van der Waals surface area contributed by atoms with Crippen LogP contribution < -0.4 is 5.32 Å². The van der Waals surface area contributed by atoms with Gasteiger partial charge in [0.1, 0.15) is 0 Å². The molecule has 3 rings (SSSR count). The summed E-state index contributed by atoms with van der Waals surface area (Å²) in [6, 6.07) is 0. The second-order valence-electron chi connectivity index (χ2n) is 6.91. The van der Waals surface area contributed by atoms with Crippen molar-refractivity contribution in [2.45, 2.75) is 52.6 Å². The topological polar surface area (TPSA) is 64.1 Å². The summed E-state index contributed by atoms with van der Waals surface area (Å²) in [5.74, 6) is 0.789. The summed E-state index contributed by atoms with van der Waals surface area (Å²) < 4.78 is 5.60. The highest BCUT2D eigenvalue weighted by atomic mass is 16.5. The molecular weight excluding hydrogens is 266 g/mol. The third kappa shape index (κ3) is 3.07. The smallest absolute Gasteiger partial charge is 0.223 e. The van der Waals surface area contributed by atoms with E-state index < -0.39 is 0 Å². The number of ether oxygens (including phenoxy) is 1. The Morgan fingerprint density at radius 2 is 2.14 bits per heavy atom. The van der Waals surface area contributed by atoms with Crippen LogP contribution in [0.15, 0.2) is 0 Å². The van der Waals surface area contributed by atoms with Gasteiger partial charge >= 0.3 is 0 Å². The van der Waals surface area contributed by atoms with Crippen molar-refractivity contribution in [3.63, 3.8) is 0 Å². The molecule has 0 saturated carbocycles. The fourth-order valence-corrected chi connectivity index (χ4v) is 3.25. The van der Waals surface area contributed by atoms with Crippen LogP contribution in [0.5, 0.6) is 0 Å². The van der Waals surface area contributed by atoms with E-state index in [0.717, 1.165) is 49.4 Å². The van der Waals surface area contributed by atoms with Crippen LogP contribution in [0.4, 0.5) is 5.95 Å². The average molecular weight is 289 g/mol. The summed E-state index contributed by atoms with van der Waals surface area (Å²) in [7, 11) is 0. The van der Waals surface area contributed by atoms with E-state index in [-0.39, 0.29) is 17.3 Å². The first-order valence-electron chi connectivity index (χ1n) is 7.71. The van der Waals surface area contributed by atoms with Gasteiger partial charge in [0, 0.05) is 19.6 Å². The monoisotopic (exact) mass is 289 g/mol. The molecular formula is C16H23N3O2. The number of nitrogens with zero attached hydrogens (tertiary/aromatic N) is 2. The molecule has 1 atom stereocenters. The van der Waals surface area contributed by atoms with Crippen molar-refractivity contribution in [1.82, 2.24) is 9.97 Å². The first-order chi connectivity index (χ1) is 9.94. The van der Waals surface area contributed by atoms with Gasteiger partial charge in [-0.15, -0.1) is 0 Å². The fraction of sp³-hybridized carbons (Fsp3) is 0.688. The molecule has 114 valence electrons. The number of rotatable bonds is 3. The number of carbonyl (C=O) groups is 1. The first-order valence-corrected chi connectivity index (χ1v) is 7.71. The van der Waals surface area contributed by atoms with E-state index in [2.05, 4.69) is 29.1 Å². The Labute approximate surface area is 125 Å². The molecule has 1 aliphatic carbocycles. The Bertz CT molecular complexity index is 563. The number of hydrogen-bond acceptors (Lipinski definition) is 5. The van der Waals surface area contributed by atoms with Crippen molar-refractivity contribution >= 4 is 11.7 Å². The second kappa shape index (κ2) is 5.37.